The lowest BCUT2D eigenvalue weighted by Gasteiger charge is -2.00. The van der Waals surface area contributed by atoms with E-state index < -0.39 is 9.84 Å². The van der Waals surface area contributed by atoms with Crippen molar-refractivity contribution in [1.29, 1.82) is 0 Å². The van der Waals surface area contributed by atoms with Crippen LogP contribution in [0.5, 0.6) is 0 Å². The summed E-state index contributed by atoms with van der Waals surface area (Å²) >= 11 is 0. The van der Waals surface area contributed by atoms with Crippen LogP contribution in [-0.4, -0.2) is 19.7 Å². The zero-order valence-corrected chi connectivity index (χ0v) is 10.5. The van der Waals surface area contributed by atoms with Crippen molar-refractivity contribution in [3.63, 3.8) is 0 Å². The minimum Gasteiger partial charge on any atom is -0.439 e. The van der Waals surface area contributed by atoms with Crippen LogP contribution in [0.1, 0.15) is 25.3 Å². The molecule has 6 heteroatoms. The van der Waals surface area contributed by atoms with Crippen LogP contribution in [-0.2, 0) is 9.84 Å². The average Bonchev–Trinajstić information content (AvgIpc) is 2.69. The summed E-state index contributed by atoms with van der Waals surface area (Å²) in [6, 6.07) is 4.35. The molecule has 2 N–H and O–H groups in total. The van der Waals surface area contributed by atoms with E-state index in [2.05, 4.69) is 4.98 Å². The van der Waals surface area contributed by atoms with Gasteiger partial charge in [-0.2, -0.15) is 0 Å². The lowest BCUT2D eigenvalue weighted by Crippen LogP contribution is -2.08. The van der Waals surface area contributed by atoms with Crippen molar-refractivity contribution in [2.24, 2.45) is 5.73 Å². The highest BCUT2D eigenvalue weighted by molar-refractivity contribution is 7.90. The maximum absolute atomic E-state index is 11.4. The van der Waals surface area contributed by atoms with Crippen molar-refractivity contribution in [2.45, 2.75) is 24.3 Å². The molecule has 92 valence electrons. The lowest BCUT2D eigenvalue weighted by atomic mass is 10.2. The zero-order valence-electron chi connectivity index (χ0n) is 9.67. The second-order valence-electron chi connectivity index (χ2n) is 3.97. The van der Waals surface area contributed by atoms with Crippen LogP contribution in [0.15, 0.2) is 27.5 Å². The van der Waals surface area contributed by atoms with E-state index in [0.29, 0.717) is 23.4 Å². The second kappa shape index (κ2) is 4.12. The normalized spacial score (nSPS) is 14.1. The molecule has 0 bridgehead atoms. The fourth-order valence-corrected chi connectivity index (χ4v) is 2.13. The molecule has 0 aliphatic heterocycles. The van der Waals surface area contributed by atoms with Gasteiger partial charge in [-0.05, 0) is 24.6 Å². The molecule has 1 unspecified atom stereocenters. The molecule has 0 amide bonds. The highest BCUT2D eigenvalue weighted by Crippen LogP contribution is 2.23. The molecule has 0 aliphatic rings. The van der Waals surface area contributed by atoms with E-state index in [1.54, 1.807) is 6.07 Å². The first-order valence-corrected chi connectivity index (χ1v) is 7.17. The Balaban J connectivity index is 2.56. The molecule has 2 rings (SSSR count). The van der Waals surface area contributed by atoms with Crippen LogP contribution >= 0.6 is 0 Å². The Morgan fingerprint density at radius 1 is 1.47 bits per heavy atom. The molecule has 0 spiro atoms. The summed E-state index contributed by atoms with van der Waals surface area (Å²) in [5, 5.41) is 0. The van der Waals surface area contributed by atoms with Crippen molar-refractivity contribution in [3.8, 4) is 0 Å². The second-order valence-corrected chi connectivity index (χ2v) is 5.98. The standard InChI is InChI=1S/C11H14N2O3S/c1-3-8(12)11-13-9-6-7(17(2,14)15)4-5-10(9)16-11/h4-6,8H,3,12H2,1-2H3. The summed E-state index contributed by atoms with van der Waals surface area (Å²) in [7, 11) is -3.22. The number of aromatic nitrogens is 1. The van der Waals surface area contributed by atoms with Crippen molar-refractivity contribution < 1.29 is 12.8 Å². The number of benzene rings is 1. The summed E-state index contributed by atoms with van der Waals surface area (Å²) < 4.78 is 28.2. The van der Waals surface area contributed by atoms with Gasteiger partial charge in [0.25, 0.3) is 0 Å². The van der Waals surface area contributed by atoms with Gasteiger partial charge in [0.05, 0.1) is 10.9 Å². The zero-order chi connectivity index (χ0) is 12.6. The van der Waals surface area contributed by atoms with Gasteiger partial charge in [-0.3, -0.25) is 0 Å². The van der Waals surface area contributed by atoms with Gasteiger partial charge in [0, 0.05) is 6.26 Å². The van der Waals surface area contributed by atoms with E-state index in [9.17, 15) is 8.42 Å². The van der Waals surface area contributed by atoms with Crippen molar-refractivity contribution >= 4 is 20.9 Å². The minimum atomic E-state index is -3.22. The predicted octanol–water partition coefficient (Wildman–Crippen LogP) is 1.64. The van der Waals surface area contributed by atoms with Crippen LogP contribution in [0, 0.1) is 0 Å². The van der Waals surface area contributed by atoms with E-state index in [0.717, 1.165) is 6.26 Å². The first-order valence-electron chi connectivity index (χ1n) is 5.28. The van der Waals surface area contributed by atoms with Gasteiger partial charge in [-0.1, -0.05) is 6.92 Å². The van der Waals surface area contributed by atoms with E-state index in [1.807, 2.05) is 6.92 Å². The third-order valence-electron chi connectivity index (χ3n) is 2.56. The summed E-state index contributed by atoms with van der Waals surface area (Å²) in [6.07, 6.45) is 1.87. The molecule has 2 aromatic rings. The SMILES string of the molecule is CCC(N)c1nc2cc(S(C)(=O)=O)ccc2o1. The number of nitrogens with two attached hydrogens (primary N) is 1. The summed E-state index contributed by atoms with van der Waals surface area (Å²) in [4.78, 5) is 4.43. The Labute approximate surface area is 99.6 Å². The molecular formula is C11H14N2O3S. The third-order valence-corrected chi connectivity index (χ3v) is 3.67. The maximum Gasteiger partial charge on any atom is 0.212 e. The molecule has 1 heterocycles. The van der Waals surface area contributed by atoms with Crippen molar-refractivity contribution in [1.82, 2.24) is 4.98 Å². The quantitative estimate of drug-likeness (QED) is 0.899. The highest BCUT2D eigenvalue weighted by atomic mass is 32.2. The fourth-order valence-electron chi connectivity index (χ4n) is 1.49. The molecule has 1 aromatic heterocycles. The maximum atomic E-state index is 11.4. The number of sulfone groups is 1. The molecule has 17 heavy (non-hydrogen) atoms. The Morgan fingerprint density at radius 2 is 2.18 bits per heavy atom. The summed E-state index contributed by atoms with van der Waals surface area (Å²) in [5.74, 6) is 0.438. The van der Waals surface area contributed by atoms with Gasteiger partial charge in [-0.25, -0.2) is 13.4 Å². The molecule has 0 radical (unpaired) electrons. The number of hydrogen-bond donors (Lipinski definition) is 1. The van der Waals surface area contributed by atoms with Gasteiger partial charge in [0.1, 0.15) is 5.52 Å². The first kappa shape index (κ1) is 12.1. The smallest absolute Gasteiger partial charge is 0.212 e. The minimum absolute atomic E-state index is 0.231. The predicted molar refractivity (Wildman–Crippen MR) is 64.3 cm³/mol. The number of hydrogen-bond acceptors (Lipinski definition) is 5. The fraction of sp³-hybridized carbons (Fsp3) is 0.364. The Morgan fingerprint density at radius 3 is 2.76 bits per heavy atom. The first-order chi connectivity index (χ1) is 7.91. The molecular weight excluding hydrogens is 240 g/mol. The molecule has 0 saturated heterocycles. The topological polar surface area (TPSA) is 86.2 Å². The number of rotatable bonds is 3. The molecule has 0 fully saturated rings. The molecule has 0 saturated carbocycles. The van der Waals surface area contributed by atoms with E-state index in [4.69, 9.17) is 10.2 Å². The highest BCUT2D eigenvalue weighted by Gasteiger charge is 2.14. The molecule has 1 atom stereocenters. The van der Waals surface area contributed by atoms with Gasteiger partial charge in [0.2, 0.25) is 5.89 Å². The largest absolute Gasteiger partial charge is 0.439 e. The van der Waals surface area contributed by atoms with Gasteiger partial charge >= 0.3 is 0 Å². The van der Waals surface area contributed by atoms with Crippen molar-refractivity contribution in [3.05, 3.63) is 24.1 Å². The van der Waals surface area contributed by atoms with Crippen LogP contribution in [0.25, 0.3) is 11.1 Å². The molecule has 1 aromatic carbocycles. The molecule has 5 nitrogen and oxygen atoms in total. The monoisotopic (exact) mass is 254 g/mol. The van der Waals surface area contributed by atoms with Crippen molar-refractivity contribution in [2.75, 3.05) is 6.26 Å². The van der Waals surface area contributed by atoms with Crippen LogP contribution in [0.3, 0.4) is 0 Å². The summed E-state index contributed by atoms with van der Waals surface area (Å²) in [5.41, 5.74) is 6.88. The van der Waals surface area contributed by atoms with Crippen LogP contribution in [0.4, 0.5) is 0 Å². The van der Waals surface area contributed by atoms with E-state index >= 15 is 0 Å². The van der Waals surface area contributed by atoms with E-state index in [-0.39, 0.29) is 10.9 Å². The Kier molecular flexibility index (Phi) is 2.92. The summed E-state index contributed by atoms with van der Waals surface area (Å²) in [6.45, 7) is 1.93. The average molecular weight is 254 g/mol. The third kappa shape index (κ3) is 2.32. The number of fused-ring (bicyclic) bond motifs is 1. The van der Waals surface area contributed by atoms with Crippen LogP contribution in [0.2, 0.25) is 0 Å². The Hall–Kier alpha value is -1.40. The molecule has 0 aliphatic carbocycles. The lowest BCUT2D eigenvalue weighted by molar-refractivity contribution is 0.469. The van der Waals surface area contributed by atoms with Crippen LogP contribution < -0.4 is 5.73 Å². The van der Waals surface area contributed by atoms with Gasteiger partial charge in [-0.15, -0.1) is 0 Å². The number of oxazole rings is 1. The number of nitrogens with zero attached hydrogens (tertiary/aromatic N) is 1. The van der Waals surface area contributed by atoms with Gasteiger partial charge < -0.3 is 10.2 Å². The Bertz CT molecular complexity index is 646. The van der Waals surface area contributed by atoms with Gasteiger partial charge in [0.15, 0.2) is 15.4 Å². The van der Waals surface area contributed by atoms with E-state index in [1.165, 1.54) is 12.1 Å².